The van der Waals surface area contributed by atoms with Crippen LogP contribution in [0.15, 0.2) is 6.20 Å². The lowest BCUT2D eigenvalue weighted by atomic mass is 9.82. The second-order valence-corrected chi connectivity index (χ2v) is 7.85. The van der Waals surface area contributed by atoms with Crippen LogP contribution in [-0.4, -0.2) is 46.0 Å². The van der Waals surface area contributed by atoms with Crippen LogP contribution in [0.25, 0.3) is 0 Å². The summed E-state index contributed by atoms with van der Waals surface area (Å²) in [6.45, 7) is 2.19. The van der Waals surface area contributed by atoms with Crippen molar-refractivity contribution in [3.8, 4) is 6.07 Å². The minimum absolute atomic E-state index is 0.0680. The highest BCUT2D eigenvalue weighted by Crippen LogP contribution is 2.32. The summed E-state index contributed by atoms with van der Waals surface area (Å²) >= 11 is 0. The number of nitrogens with zero attached hydrogens (tertiary/aromatic N) is 3. The quantitative estimate of drug-likeness (QED) is 0.743. The Labute approximate surface area is 155 Å². The Balaban J connectivity index is 1.70. The van der Waals surface area contributed by atoms with E-state index >= 15 is 0 Å². The van der Waals surface area contributed by atoms with Crippen LogP contribution < -0.4 is 10.6 Å². The zero-order valence-corrected chi connectivity index (χ0v) is 15.7. The average molecular weight is 359 g/mol. The molecule has 7 nitrogen and oxygen atoms in total. The van der Waals surface area contributed by atoms with E-state index in [0.717, 1.165) is 44.9 Å². The lowest BCUT2D eigenvalue weighted by Crippen LogP contribution is -2.41. The van der Waals surface area contributed by atoms with Gasteiger partial charge in [0.25, 0.3) is 0 Å². The molecule has 2 atom stereocenters. The van der Waals surface area contributed by atoms with Crippen LogP contribution >= 0.6 is 0 Å². The maximum Gasteiger partial charge on any atom is 0.225 e. The van der Waals surface area contributed by atoms with E-state index < -0.39 is 0 Å². The minimum atomic E-state index is -0.277. The van der Waals surface area contributed by atoms with Crippen molar-refractivity contribution in [3.63, 3.8) is 0 Å². The third kappa shape index (κ3) is 4.63. The second-order valence-electron chi connectivity index (χ2n) is 7.85. The molecule has 2 aliphatic rings. The van der Waals surface area contributed by atoms with E-state index in [0.29, 0.717) is 29.9 Å². The topological polar surface area (TPSA) is 103 Å². The normalized spacial score (nSPS) is 31.8. The predicted octanol–water partition coefficient (Wildman–Crippen LogP) is 2.82. The largest absolute Gasteiger partial charge is 0.393 e. The number of rotatable bonds is 5. The van der Waals surface area contributed by atoms with Crippen LogP contribution in [0.3, 0.4) is 0 Å². The molecular formula is C19H29N5O2. The fourth-order valence-electron chi connectivity index (χ4n) is 3.98. The number of hydrogen-bond acceptors (Lipinski definition) is 7. The van der Waals surface area contributed by atoms with Gasteiger partial charge in [-0.3, -0.25) is 0 Å². The lowest BCUT2D eigenvalue weighted by molar-refractivity contribution is 0.0563. The predicted molar refractivity (Wildman–Crippen MR) is 99.9 cm³/mol. The maximum atomic E-state index is 9.87. The third-order valence-corrected chi connectivity index (χ3v) is 5.68. The summed E-state index contributed by atoms with van der Waals surface area (Å²) in [5.74, 6) is 1.10. The van der Waals surface area contributed by atoms with Crippen molar-refractivity contribution in [1.29, 1.82) is 5.26 Å². The van der Waals surface area contributed by atoms with Crippen LogP contribution in [-0.2, 0) is 4.74 Å². The molecule has 2 fully saturated rings. The molecule has 2 aliphatic carbocycles. The van der Waals surface area contributed by atoms with Crippen LogP contribution in [0.5, 0.6) is 0 Å². The van der Waals surface area contributed by atoms with Crippen molar-refractivity contribution in [2.75, 3.05) is 17.7 Å². The molecule has 0 spiro atoms. The zero-order chi connectivity index (χ0) is 18.6. The molecule has 1 aromatic rings. The van der Waals surface area contributed by atoms with Crippen LogP contribution in [0.2, 0.25) is 0 Å². The number of methoxy groups -OCH3 is 1. The third-order valence-electron chi connectivity index (χ3n) is 5.68. The number of aromatic nitrogens is 2. The van der Waals surface area contributed by atoms with Gasteiger partial charge in [-0.15, -0.1) is 0 Å². The van der Waals surface area contributed by atoms with Gasteiger partial charge in [0.15, 0.2) is 0 Å². The number of nitrogens with one attached hydrogen (secondary N) is 2. The molecule has 0 saturated heterocycles. The van der Waals surface area contributed by atoms with Gasteiger partial charge >= 0.3 is 0 Å². The van der Waals surface area contributed by atoms with E-state index in [9.17, 15) is 10.4 Å². The molecule has 0 aliphatic heterocycles. The lowest BCUT2D eigenvalue weighted by Gasteiger charge is -2.37. The number of aliphatic hydroxyl groups is 1. The molecule has 3 rings (SSSR count). The molecule has 0 unspecified atom stereocenters. The highest BCUT2D eigenvalue weighted by molar-refractivity contribution is 5.54. The Hall–Kier alpha value is -1.91. The van der Waals surface area contributed by atoms with Gasteiger partial charge in [-0.2, -0.15) is 10.2 Å². The Bertz CT molecular complexity index is 652. The molecule has 0 amide bonds. The zero-order valence-electron chi connectivity index (χ0n) is 15.7. The van der Waals surface area contributed by atoms with Crippen LogP contribution in [0.4, 0.5) is 11.8 Å². The van der Waals surface area contributed by atoms with Crippen molar-refractivity contribution in [1.82, 2.24) is 9.97 Å². The molecule has 26 heavy (non-hydrogen) atoms. The first kappa shape index (κ1) is 18.9. The monoisotopic (exact) mass is 359 g/mol. The molecule has 0 aromatic carbocycles. The first-order chi connectivity index (χ1) is 12.5. The number of aliphatic hydroxyl groups excluding tert-OH is 1. The Morgan fingerprint density at radius 1 is 1.31 bits per heavy atom. The minimum Gasteiger partial charge on any atom is -0.393 e. The molecule has 2 saturated carbocycles. The summed E-state index contributed by atoms with van der Waals surface area (Å²) in [5.41, 5.74) is 0.366. The molecule has 142 valence electrons. The molecule has 0 radical (unpaired) electrons. The number of hydrogen-bond donors (Lipinski definition) is 3. The van der Waals surface area contributed by atoms with Gasteiger partial charge in [-0.1, -0.05) is 0 Å². The summed E-state index contributed by atoms with van der Waals surface area (Å²) in [6.07, 6.45) is 9.14. The molecule has 3 N–H and O–H groups in total. The SMILES string of the molecule is CO[C@H]1CC[C@](C)(Nc2ncc(C#N)c(N[C@@H]3CCC[C@H](O)C3)n2)CC1. The fourth-order valence-corrected chi connectivity index (χ4v) is 3.98. The molecule has 1 aromatic heterocycles. The van der Waals surface area contributed by atoms with Gasteiger partial charge in [0, 0.05) is 18.7 Å². The van der Waals surface area contributed by atoms with Crippen molar-refractivity contribution in [2.45, 2.75) is 82.1 Å². The van der Waals surface area contributed by atoms with E-state index in [1.807, 2.05) is 0 Å². The van der Waals surface area contributed by atoms with Gasteiger partial charge in [0.2, 0.25) is 5.95 Å². The molecule has 7 heteroatoms. The highest BCUT2D eigenvalue weighted by Gasteiger charge is 2.32. The van der Waals surface area contributed by atoms with Crippen LogP contribution in [0, 0.1) is 11.3 Å². The van der Waals surface area contributed by atoms with Gasteiger partial charge in [-0.05, 0) is 58.3 Å². The first-order valence-electron chi connectivity index (χ1n) is 9.54. The van der Waals surface area contributed by atoms with Crippen molar-refractivity contribution < 1.29 is 9.84 Å². The van der Waals surface area contributed by atoms with E-state index in [4.69, 9.17) is 4.74 Å². The van der Waals surface area contributed by atoms with Gasteiger partial charge in [0.05, 0.1) is 18.4 Å². The summed E-state index contributed by atoms with van der Waals surface area (Å²) in [7, 11) is 1.77. The van der Waals surface area contributed by atoms with Gasteiger partial charge in [-0.25, -0.2) is 4.98 Å². The summed E-state index contributed by atoms with van der Waals surface area (Å²) in [6, 6.07) is 2.30. The second kappa shape index (κ2) is 8.19. The molecule has 1 heterocycles. The Kier molecular flexibility index (Phi) is 5.94. The highest BCUT2D eigenvalue weighted by atomic mass is 16.5. The number of nitriles is 1. The van der Waals surface area contributed by atoms with Gasteiger partial charge in [0.1, 0.15) is 17.5 Å². The summed E-state index contributed by atoms with van der Waals surface area (Å²) < 4.78 is 5.45. The number of anilines is 2. The average Bonchev–Trinajstić information content (AvgIpc) is 2.62. The van der Waals surface area contributed by atoms with E-state index in [1.165, 1.54) is 0 Å². The van der Waals surface area contributed by atoms with E-state index in [1.54, 1.807) is 13.3 Å². The van der Waals surface area contributed by atoms with Crippen LogP contribution in [0.1, 0.15) is 63.9 Å². The van der Waals surface area contributed by atoms with Crippen molar-refractivity contribution in [3.05, 3.63) is 11.8 Å². The van der Waals surface area contributed by atoms with E-state index in [-0.39, 0.29) is 17.7 Å². The smallest absolute Gasteiger partial charge is 0.225 e. The molecular weight excluding hydrogens is 330 g/mol. The number of ether oxygens (including phenoxy) is 1. The summed E-state index contributed by atoms with van der Waals surface area (Å²) in [4.78, 5) is 8.90. The fraction of sp³-hybridized carbons (Fsp3) is 0.737. The van der Waals surface area contributed by atoms with Crippen molar-refractivity contribution >= 4 is 11.8 Å². The summed E-state index contributed by atoms with van der Waals surface area (Å²) in [5, 5.41) is 26.0. The molecule has 0 bridgehead atoms. The van der Waals surface area contributed by atoms with Crippen molar-refractivity contribution in [2.24, 2.45) is 0 Å². The Morgan fingerprint density at radius 2 is 2.08 bits per heavy atom. The standard InChI is InChI=1S/C19H29N5O2/c1-19(8-6-16(26-2)7-9-19)24-18-21-12-13(11-20)17(23-18)22-14-4-3-5-15(25)10-14/h12,14-16,25H,3-10H2,1-2H3,(H2,21,22,23,24)/t14-,15+,16-,19-/m1/s1. The maximum absolute atomic E-state index is 9.87. The Morgan fingerprint density at radius 3 is 2.73 bits per heavy atom. The van der Waals surface area contributed by atoms with Gasteiger partial charge < -0.3 is 20.5 Å². The van der Waals surface area contributed by atoms with E-state index in [2.05, 4.69) is 33.6 Å². The first-order valence-corrected chi connectivity index (χ1v) is 9.54.